The molecule has 0 aliphatic carbocycles. The van der Waals surface area contributed by atoms with Gasteiger partial charge >= 0.3 is 18.2 Å². The average Bonchev–Trinajstić information content (AvgIpc) is 2.83. The summed E-state index contributed by atoms with van der Waals surface area (Å²) in [5.74, 6) is -0.832. The Kier molecular flexibility index (Phi) is 16.0. The molecule has 1 rings (SSSR count). The molecule has 0 bridgehead atoms. The van der Waals surface area contributed by atoms with Gasteiger partial charge in [0.15, 0.2) is 0 Å². The number of carbonyl (C=O) groups is 3. The van der Waals surface area contributed by atoms with Crippen LogP contribution in [-0.4, -0.2) is 87.1 Å². The van der Waals surface area contributed by atoms with Gasteiger partial charge in [-0.15, -0.1) is 0 Å². The maximum Gasteiger partial charge on any atom is 0.511 e. The number of nitrogens with one attached hydrogen (secondary N) is 1. The first kappa shape index (κ1) is 34.9. The monoisotopic (exact) mass is 577 g/mol. The van der Waals surface area contributed by atoms with Gasteiger partial charge in [0.1, 0.15) is 24.4 Å². The number of hydrogen-bond acceptors (Lipinski definition) is 15. The van der Waals surface area contributed by atoms with Crippen LogP contribution in [0.4, 0.5) is 9.59 Å². The lowest BCUT2D eigenvalue weighted by Gasteiger charge is -2.24. The molecule has 0 saturated heterocycles. The van der Waals surface area contributed by atoms with Crippen LogP contribution in [0.1, 0.15) is 58.9 Å². The maximum absolute atomic E-state index is 12.8. The number of benzene rings is 1. The van der Waals surface area contributed by atoms with E-state index in [1.54, 1.807) is 20.8 Å². The van der Waals surface area contributed by atoms with Crippen LogP contribution in [0.15, 0.2) is 30.3 Å². The van der Waals surface area contributed by atoms with E-state index in [4.69, 9.17) is 39.8 Å². The molecular weight excluding hydrogens is 538 g/mol. The van der Waals surface area contributed by atoms with E-state index in [0.717, 1.165) is 5.56 Å². The standard InChI is InChI=1S/C24H39N3O13/c1-17(38-23(30)35-15-9-8-12-19(40-27(33)34)16-36-26(31)32)37-21(28)20(25-22(29)39-24(2,3)4)14-13-18-10-6-5-7-11-18/h5-7,10-11,17,19-20,31-34H,8-9,12-16H2,1-4H3,(H,25,29). The molecule has 0 aliphatic rings. The smallest absolute Gasteiger partial charge is 0.444 e. The zero-order valence-electron chi connectivity index (χ0n) is 22.9. The van der Waals surface area contributed by atoms with Crippen LogP contribution in [0, 0.1) is 0 Å². The fraction of sp³-hybridized carbons (Fsp3) is 0.625. The zero-order chi connectivity index (χ0) is 30.1. The summed E-state index contributed by atoms with van der Waals surface area (Å²) in [6.45, 7) is 5.84. The van der Waals surface area contributed by atoms with Crippen LogP contribution in [0.2, 0.25) is 0 Å². The molecule has 0 heterocycles. The number of esters is 1. The largest absolute Gasteiger partial charge is 0.511 e. The normalized spacial score (nSPS) is 13.8. The minimum atomic E-state index is -1.32. The first-order valence-corrected chi connectivity index (χ1v) is 12.5. The van der Waals surface area contributed by atoms with Gasteiger partial charge in [0.2, 0.25) is 6.29 Å². The number of carbonyl (C=O) groups excluding carboxylic acids is 3. The number of rotatable bonds is 17. The number of aryl methyl sites for hydroxylation is 1. The summed E-state index contributed by atoms with van der Waals surface area (Å²) in [6, 6.07) is 8.24. The van der Waals surface area contributed by atoms with Crippen LogP contribution >= 0.6 is 0 Å². The molecule has 228 valence electrons. The Balaban J connectivity index is 2.50. The molecule has 0 aliphatic heterocycles. The van der Waals surface area contributed by atoms with E-state index >= 15 is 0 Å². The second kappa shape index (κ2) is 18.3. The van der Waals surface area contributed by atoms with Gasteiger partial charge in [0.05, 0.1) is 17.4 Å². The van der Waals surface area contributed by atoms with Gasteiger partial charge in [-0.2, -0.15) is 0 Å². The lowest BCUT2D eigenvalue weighted by Crippen LogP contribution is -2.45. The highest BCUT2D eigenvalue weighted by molar-refractivity contribution is 5.81. The Hall–Kier alpha value is -3.09. The van der Waals surface area contributed by atoms with Crippen molar-refractivity contribution in [2.45, 2.75) is 83.8 Å². The van der Waals surface area contributed by atoms with Gasteiger partial charge in [-0.05, 0) is 58.4 Å². The molecule has 1 amide bonds. The SMILES string of the molecule is CC(OC(=O)OCCCCC(CON(O)O)ON(O)O)OC(=O)C(CCc1ccccc1)NC(=O)OC(C)(C)C. The predicted octanol–water partition coefficient (Wildman–Crippen LogP) is 3.12. The third-order valence-corrected chi connectivity index (χ3v) is 4.84. The summed E-state index contributed by atoms with van der Waals surface area (Å²) in [7, 11) is 0. The fourth-order valence-corrected chi connectivity index (χ4v) is 3.17. The predicted molar refractivity (Wildman–Crippen MR) is 131 cm³/mol. The number of hydrogen-bond donors (Lipinski definition) is 5. The van der Waals surface area contributed by atoms with E-state index in [1.165, 1.54) is 6.92 Å². The number of ether oxygens (including phenoxy) is 4. The number of amides is 1. The van der Waals surface area contributed by atoms with Crippen LogP contribution in [0.3, 0.4) is 0 Å². The van der Waals surface area contributed by atoms with E-state index in [9.17, 15) is 14.4 Å². The van der Waals surface area contributed by atoms with Gasteiger partial charge in [-0.3, -0.25) is 20.8 Å². The Morgan fingerprint density at radius 1 is 0.950 bits per heavy atom. The van der Waals surface area contributed by atoms with Crippen molar-refractivity contribution in [2.24, 2.45) is 0 Å². The highest BCUT2D eigenvalue weighted by Crippen LogP contribution is 2.12. The molecular formula is C24H39N3O13. The van der Waals surface area contributed by atoms with Crippen molar-refractivity contribution in [3.8, 4) is 0 Å². The van der Waals surface area contributed by atoms with E-state index in [-0.39, 0.29) is 19.4 Å². The van der Waals surface area contributed by atoms with Crippen molar-refractivity contribution in [1.29, 1.82) is 0 Å². The van der Waals surface area contributed by atoms with Crippen molar-refractivity contribution in [1.82, 2.24) is 16.1 Å². The molecule has 0 aromatic heterocycles. The lowest BCUT2D eigenvalue weighted by molar-refractivity contribution is -0.527. The Bertz CT molecular complexity index is 881. The van der Waals surface area contributed by atoms with Gasteiger partial charge in [-0.1, -0.05) is 30.3 Å². The summed E-state index contributed by atoms with van der Waals surface area (Å²) < 4.78 is 20.3. The van der Waals surface area contributed by atoms with Crippen LogP contribution in [0.5, 0.6) is 0 Å². The molecule has 3 unspecified atom stereocenters. The third kappa shape index (κ3) is 17.5. The molecule has 0 radical (unpaired) electrons. The maximum atomic E-state index is 12.8. The number of alkyl carbamates (subject to hydrolysis) is 1. The van der Waals surface area contributed by atoms with Gasteiger partial charge in [0, 0.05) is 6.92 Å². The first-order chi connectivity index (χ1) is 18.7. The second-order valence-corrected chi connectivity index (χ2v) is 9.47. The molecule has 3 atom stereocenters. The summed E-state index contributed by atoms with van der Waals surface area (Å²) in [4.78, 5) is 46.0. The molecule has 16 nitrogen and oxygen atoms in total. The Morgan fingerprint density at radius 3 is 2.23 bits per heavy atom. The van der Waals surface area contributed by atoms with E-state index in [2.05, 4.69) is 15.0 Å². The van der Waals surface area contributed by atoms with E-state index in [0.29, 0.717) is 19.3 Å². The van der Waals surface area contributed by atoms with Crippen LogP contribution in [-0.2, 0) is 39.8 Å². The quantitative estimate of drug-likeness (QED) is 0.0593. The fourth-order valence-electron chi connectivity index (χ4n) is 3.17. The summed E-state index contributed by atoms with van der Waals surface area (Å²) in [5.41, 5.74) is 0.163. The minimum Gasteiger partial charge on any atom is -0.444 e. The molecule has 0 saturated carbocycles. The topological polar surface area (TPSA) is 206 Å². The van der Waals surface area contributed by atoms with Crippen LogP contribution < -0.4 is 5.32 Å². The van der Waals surface area contributed by atoms with E-state index < -0.39 is 59.6 Å². The Labute approximate surface area is 231 Å². The molecule has 1 aromatic rings. The zero-order valence-corrected chi connectivity index (χ0v) is 22.9. The van der Waals surface area contributed by atoms with Gasteiger partial charge in [0.25, 0.3) is 0 Å². The molecule has 5 N–H and O–H groups in total. The van der Waals surface area contributed by atoms with Crippen LogP contribution in [0.25, 0.3) is 0 Å². The highest BCUT2D eigenvalue weighted by Gasteiger charge is 2.28. The second-order valence-electron chi connectivity index (χ2n) is 9.47. The number of nitrogens with zero attached hydrogens (tertiary/aromatic N) is 2. The van der Waals surface area contributed by atoms with Crippen molar-refractivity contribution in [3.63, 3.8) is 0 Å². The summed E-state index contributed by atoms with van der Waals surface area (Å²) >= 11 is 0. The van der Waals surface area contributed by atoms with E-state index in [1.807, 2.05) is 30.3 Å². The molecule has 16 heteroatoms. The minimum absolute atomic E-state index is 0.0962. The molecule has 1 aromatic carbocycles. The number of unbranched alkanes of at least 4 members (excludes halogenated alkanes) is 1. The highest BCUT2D eigenvalue weighted by atomic mass is 17.1. The third-order valence-electron chi connectivity index (χ3n) is 4.84. The average molecular weight is 578 g/mol. The molecule has 0 fully saturated rings. The van der Waals surface area contributed by atoms with Gasteiger partial charge in [-0.25, -0.2) is 24.1 Å². The van der Waals surface area contributed by atoms with Crippen molar-refractivity contribution < 1.29 is 63.8 Å². The summed E-state index contributed by atoms with van der Waals surface area (Å²) in [6.07, 6.45) is -2.74. The lowest BCUT2D eigenvalue weighted by atomic mass is 10.1. The molecule has 0 spiro atoms. The van der Waals surface area contributed by atoms with Crippen molar-refractivity contribution >= 4 is 18.2 Å². The Morgan fingerprint density at radius 2 is 1.62 bits per heavy atom. The first-order valence-electron chi connectivity index (χ1n) is 12.5. The van der Waals surface area contributed by atoms with Crippen molar-refractivity contribution in [2.75, 3.05) is 13.2 Å². The molecule has 40 heavy (non-hydrogen) atoms. The van der Waals surface area contributed by atoms with Gasteiger partial charge < -0.3 is 24.3 Å². The summed E-state index contributed by atoms with van der Waals surface area (Å²) in [5, 5.41) is 36.0. The van der Waals surface area contributed by atoms with Crippen molar-refractivity contribution in [3.05, 3.63) is 35.9 Å².